The molecule has 1 unspecified atom stereocenters. The number of amides is 2. The molecule has 6 heterocycles. The monoisotopic (exact) mass is 843 g/mol. The van der Waals surface area contributed by atoms with Crippen LogP contribution < -0.4 is 10.9 Å². The zero-order chi connectivity index (χ0) is 42.0. The van der Waals surface area contributed by atoms with E-state index in [4.69, 9.17) is 21.1 Å². The zero-order valence-electron chi connectivity index (χ0n) is 31.4. The van der Waals surface area contributed by atoms with Gasteiger partial charge < -0.3 is 29.4 Å². The van der Waals surface area contributed by atoms with E-state index in [1.165, 1.54) is 28.5 Å². The maximum Gasteiger partial charge on any atom is 0.416 e. The fourth-order valence-corrected chi connectivity index (χ4v) is 8.10. The number of hydrogen-bond donors (Lipinski definition) is 2. The molecule has 310 valence electrons. The van der Waals surface area contributed by atoms with Crippen LogP contribution in [0, 0.1) is 18.6 Å². The number of hydrogen-bond acceptors (Lipinski definition) is 11. The second-order valence-electron chi connectivity index (χ2n) is 14.5. The van der Waals surface area contributed by atoms with Crippen molar-refractivity contribution in [2.75, 3.05) is 44.7 Å². The summed E-state index contributed by atoms with van der Waals surface area (Å²) in [5.74, 6) is -4.67. The molecule has 8 rings (SSSR count). The molecular formula is C38H35ClF5N9O6. The molecule has 15 nitrogen and oxygen atoms in total. The summed E-state index contributed by atoms with van der Waals surface area (Å²) in [6, 6.07) is 5.14. The van der Waals surface area contributed by atoms with E-state index in [2.05, 4.69) is 25.4 Å². The van der Waals surface area contributed by atoms with Crippen LogP contribution >= 0.6 is 11.6 Å². The normalized spacial score (nSPS) is 18.1. The highest BCUT2D eigenvalue weighted by molar-refractivity contribution is 6.33. The molecule has 1 atom stereocenters. The minimum atomic E-state index is -4.68. The van der Waals surface area contributed by atoms with E-state index in [1.807, 2.05) is 4.90 Å². The van der Waals surface area contributed by atoms with Gasteiger partial charge in [-0.05, 0) is 51.0 Å². The number of carbonyl (C=O) groups is 2. The predicted octanol–water partition coefficient (Wildman–Crippen LogP) is 5.01. The van der Waals surface area contributed by atoms with E-state index in [-0.39, 0.29) is 94.3 Å². The highest BCUT2D eigenvalue weighted by Crippen LogP contribution is 2.48. The Labute approximate surface area is 336 Å². The molecule has 5 aromatic rings. The summed E-state index contributed by atoms with van der Waals surface area (Å²) in [5, 5.41) is 16.9. The number of piperidine rings is 1. The first-order valence-corrected chi connectivity index (χ1v) is 18.9. The van der Waals surface area contributed by atoms with Gasteiger partial charge in [0.05, 0.1) is 58.1 Å². The highest BCUT2D eigenvalue weighted by Gasteiger charge is 2.51. The number of fused-ring (bicyclic) bond motifs is 3. The summed E-state index contributed by atoms with van der Waals surface area (Å²) in [6.45, 7) is 4.80. The van der Waals surface area contributed by atoms with Crippen LogP contribution in [0.3, 0.4) is 0 Å². The van der Waals surface area contributed by atoms with Gasteiger partial charge in [0.1, 0.15) is 18.5 Å². The molecule has 2 fully saturated rings. The molecule has 0 bridgehead atoms. The van der Waals surface area contributed by atoms with Crippen molar-refractivity contribution in [3.63, 3.8) is 0 Å². The molecule has 21 heteroatoms. The van der Waals surface area contributed by atoms with Gasteiger partial charge in [0.2, 0.25) is 11.7 Å². The first-order chi connectivity index (χ1) is 28.1. The Bertz CT molecular complexity index is 2570. The highest BCUT2D eigenvalue weighted by atomic mass is 35.5. The van der Waals surface area contributed by atoms with Crippen LogP contribution in [0.15, 0.2) is 41.5 Å². The van der Waals surface area contributed by atoms with E-state index in [0.29, 0.717) is 32.4 Å². The van der Waals surface area contributed by atoms with Gasteiger partial charge in [0, 0.05) is 38.3 Å². The summed E-state index contributed by atoms with van der Waals surface area (Å²) >= 11 is 6.13. The average Bonchev–Trinajstić information content (AvgIpc) is 3.77. The van der Waals surface area contributed by atoms with Crippen LogP contribution in [0.25, 0.3) is 17.2 Å². The van der Waals surface area contributed by atoms with Crippen molar-refractivity contribution in [3.8, 4) is 17.1 Å². The van der Waals surface area contributed by atoms with E-state index in [1.54, 1.807) is 6.92 Å². The van der Waals surface area contributed by atoms with E-state index in [9.17, 15) is 32.7 Å². The third kappa shape index (κ3) is 7.27. The van der Waals surface area contributed by atoms with Crippen LogP contribution in [0.2, 0.25) is 5.02 Å². The Morgan fingerprint density at radius 3 is 2.47 bits per heavy atom. The second-order valence-corrected chi connectivity index (χ2v) is 14.9. The number of aryl methyl sites for hydroxylation is 1. The second kappa shape index (κ2) is 15.2. The van der Waals surface area contributed by atoms with Crippen LogP contribution in [-0.2, 0) is 39.1 Å². The molecular weight excluding hydrogens is 809 g/mol. The Balaban J connectivity index is 1.18. The SMILES string of the molecule is Cc1ncnc(C(=O)N2CCC3(CC2)OC(C)c2c3c(=O)n3nc(-c4ccc(CN5CCOCC5)c(F)c4F)nc3n2CC(=O)Nc2ccc(C(F)(F)F)cc2Cl)c1O. The summed E-state index contributed by atoms with van der Waals surface area (Å²) in [6.07, 6.45) is -4.22. The number of nitrogens with zero attached hydrogens (tertiary/aromatic N) is 8. The number of rotatable bonds is 7. The van der Waals surface area contributed by atoms with Gasteiger partial charge in [-0.15, -0.1) is 5.10 Å². The molecule has 2 amide bonds. The van der Waals surface area contributed by atoms with Gasteiger partial charge in [0.25, 0.3) is 11.5 Å². The predicted molar refractivity (Wildman–Crippen MR) is 199 cm³/mol. The molecule has 0 radical (unpaired) electrons. The summed E-state index contributed by atoms with van der Waals surface area (Å²) in [5.41, 5.74) is -3.11. The molecule has 0 saturated carbocycles. The van der Waals surface area contributed by atoms with Crippen molar-refractivity contribution < 1.29 is 46.1 Å². The van der Waals surface area contributed by atoms with Crippen LogP contribution in [0.5, 0.6) is 5.75 Å². The van der Waals surface area contributed by atoms with Gasteiger partial charge >= 0.3 is 6.18 Å². The fourth-order valence-electron chi connectivity index (χ4n) is 7.87. The lowest BCUT2D eigenvalue weighted by Gasteiger charge is -2.39. The summed E-state index contributed by atoms with van der Waals surface area (Å²) in [4.78, 5) is 57.4. The number of aromatic nitrogens is 6. The minimum Gasteiger partial charge on any atom is -0.504 e. The largest absolute Gasteiger partial charge is 0.504 e. The number of likely N-dealkylation sites (tertiary alicyclic amines) is 1. The lowest BCUT2D eigenvalue weighted by molar-refractivity contribution is -0.137. The van der Waals surface area contributed by atoms with Gasteiger partial charge in [0.15, 0.2) is 28.9 Å². The molecule has 3 aromatic heterocycles. The lowest BCUT2D eigenvalue weighted by atomic mass is 9.85. The third-order valence-corrected chi connectivity index (χ3v) is 11.2. The van der Waals surface area contributed by atoms with Crippen LogP contribution in [-0.4, -0.2) is 95.2 Å². The number of nitrogens with one attached hydrogen (secondary N) is 1. The molecule has 3 aliphatic rings. The van der Waals surface area contributed by atoms with Crippen molar-refractivity contribution in [1.82, 2.24) is 38.9 Å². The number of alkyl halides is 3. The minimum absolute atomic E-state index is 0.0573. The van der Waals surface area contributed by atoms with Gasteiger partial charge in [-0.2, -0.15) is 22.7 Å². The Morgan fingerprint density at radius 1 is 1.05 bits per heavy atom. The fraction of sp³-hybridized carbons (Fsp3) is 0.395. The first-order valence-electron chi connectivity index (χ1n) is 18.5. The topological polar surface area (TPSA) is 169 Å². The van der Waals surface area contributed by atoms with Gasteiger partial charge in [-0.1, -0.05) is 17.7 Å². The van der Waals surface area contributed by atoms with Crippen LogP contribution in [0.1, 0.15) is 64.4 Å². The van der Waals surface area contributed by atoms with Crippen molar-refractivity contribution in [3.05, 3.63) is 97.4 Å². The zero-order valence-corrected chi connectivity index (χ0v) is 32.2. The molecule has 2 saturated heterocycles. The number of aromatic hydroxyl groups is 1. The Hall–Kier alpha value is -5.57. The number of morpholine rings is 1. The summed E-state index contributed by atoms with van der Waals surface area (Å²) in [7, 11) is 0. The van der Waals surface area contributed by atoms with Gasteiger partial charge in [-0.3, -0.25) is 19.3 Å². The number of anilines is 1. The number of halogens is 6. The molecule has 1 spiro atoms. The maximum absolute atomic E-state index is 15.9. The number of ether oxygens (including phenoxy) is 2. The molecule has 0 aliphatic carbocycles. The average molecular weight is 844 g/mol. The quantitative estimate of drug-likeness (QED) is 0.212. The third-order valence-electron chi connectivity index (χ3n) is 10.9. The van der Waals surface area contributed by atoms with E-state index >= 15 is 8.78 Å². The standard InChI is InChI=1S/C38H35ClF5N9O6/c1-19-32(55)30(46-18-45-19)35(57)51-9-7-37(8-10-51)27-31(20(2)59-37)52(17-26(54)47-25-6-4-22(15-24(25)39)38(42,43)44)36-48-33(49-53(36)34(27)56)23-5-3-21(28(40)29(23)41)16-50-11-13-58-14-12-50/h3-6,15,18,20,55H,7-14,16-17H2,1-2H3,(H,47,54). The molecule has 3 aliphatic heterocycles. The van der Waals surface area contributed by atoms with Crippen molar-refractivity contribution in [1.29, 1.82) is 0 Å². The lowest BCUT2D eigenvalue weighted by Crippen LogP contribution is -2.47. The van der Waals surface area contributed by atoms with Crippen molar-refractivity contribution in [2.24, 2.45) is 0 Å². The maximum atomic E-state index is 15.9. The van der Waals surface area contributed by atoms with Crippen molar-refractivity contribution in [2.45, 2.75) is 57.7 Å². The Kier molecular flexibility index (Phi) is 10.4. The molecule has 2 aromatic carbocycles. The van der Waals surface area contributed by atoms with Crippen molar-refractivity contribution >= 4 is 34.9 Å². The molecule has 2 N–H and O–H groups in total. The summed E-state index contributed by atoms with van der Waals surface area (Å²) < 4.78 is 85.4. The number of benzene rings is 2. The smallest absolute Gasteiger partial charge is 0.416 e. The first kappa shape index (κ1) is 40.2. The Morgan fingerprint density at radius 2 is 1.78 bits per heavy atom. The van der Waals surface area contributed by atoms with E-state index in [0.717, 1.165) is 23.0 Å². The number of carbonyl (C=O) groups excluding carboxylic acids is 2. The van der Waals surface area contributed by atoms with E-state index < -0.39 is 59.0 Å². The van der Waals surface area contributed by atoms with Crippen LogP contribution in [0.4, 0.5) is 27.6 Å². The molecule has 59 heavy (non-hydrogen) atoms. The van der Waals surface area contributed by atoms with Gasteiger partial charge in [-0.25, -0.2) is 18.7 Å².